The lowest BCUT2D eigenvalue weighted by atomic mass is 9.89. The number of unbranched alkanes of at least 4 members (excludes halogenated alkanes) is 7. The Morgan fingerprint density at radius 1 is 0.915 bits per heavy atom. The molecule has 5 amide bonds. The Kier molecular flexibility index (Phi) is 27.9. The number of hydrogen-bond donors (Lipinski definition) is 9. The van der Waals surface area contributed by atoms with Gasteiger partial charge in [-0.2, -0.15) is 12.6 Å². The fraction of sp³-hybridized carbons (Fsp3) is 0.673. The SMILES string of the molecule is CC(C)C[C@H](NC(=O)[C@@H]1CCCN1C(=O)CCCCCNC(=O)[C@@H](N)CS)C(=O)C[C@@H](Cc1cnc[nH]1)C(=O)N[C@@H](CO)C(=O)C[C@H](C(N)=O)[C@@H](C)OP(=O)(O)OCCCCCCCCc1ccccc1. The Hall–Kier alpha value is -4.50. The topological polar surface area (TPSA) is 316 Å². The first kappa shape index (κ1) is 60.8. The van der Waals surface area contributed by atoms with Crippen LogP contribution in [0.3, 0.4) is 0 Å². The minimum atomic E-state index is -4.68. The second kappa shape index (κ2) is 32.5. The van der Waals surface area contributed by atoms with Gasteiger partial charge in [0, 0.05) is 56.4 Å². The molecule has 0 saturated carbocycles. The molecule has 20 nitrogen and oxygen atoms in total. The summed E-state index contributed by atoms with van der Waals surface area (Å²) in [4.78, 5) is 112. The molecule has 0 aliphatic carbocycles. The van der Waals surface area contributed by atoms with Gasteiger partial charge in [0.25, 0.3) is 0 Å². The molecule has 1 saturated heterocycles. The summed E-state index contributed by atoms with van der Waals surface area (Å²) in [7, 11) is -4.68. The number of aliphatic hydroxyl groups is 1. The van der Waals surface area contributed by atoms with Crippen LogP contribution in [0.5, 0.6) is 0 Å². The minimum absolute atomic E-state index is 0.0396. The molecule has 1 unspecified atom stereocenters. The number of hydrogen-bond acceptors (Lipinski definition) is 14. The molecule has 1 aromatic heterocycles. The highest BCUT2D eigenvalue weighted by Crippen LogP contribution is 2.46. The average Bonchev–Trinajstić information content (AvgIpc) is 4.05. The van der Waals surface area contributed by atoms with E-state index in [2.05, 4.69) is 50.7 Å². The first-order valence-corrected chi connectivity index (χ1v) is 27.1. The zero-order valence-electron chi connectivity index (χ0n) is 41.6. The van der Waals surface area contributed by atoms with E-state index in [1.165, 1.54) is 29.9 Å². The monoisotopic (exact) mass is 1030 g/mol. The number of likely N-dealkylation sites (tertiary alicyclic amines) is 1. The van der Waals surface area contributed by atoms with Crippen molar-refractivity contribution in [2.24, 2.45) is 29.2 Å². The maximum atomic E-state index is 14.1. The average molecular weight is 1040 g/mol. The normalized spacial score (nSPS) is 17.1. The number of imidazole rings is 1. The molecule has 1 aliphatic heterocycles. The molecule has 2 heterocycles. The molecule has 1 fully saturated rings. The van der Waals surface area contributed by atoms with Crippen LogP contribution in [0.15, 0.2) is 42.9 Å². The highest BCUT2D eigenvalue weighted by atomic mass is 32.1. The second-order valence-corrected chi connectivity index (χ2v) is 20.6. The van der Waals surface area contributed by atoms with Crippen molar-refractivity contribution in [2.75, 3.05) is 32.1 Å². The van der Waals surface area contributed by atoms with Crippen LogP contribution in [0.2, 0.25) is 0 Å². The Morgan fingerprint density at radius 2 is 1.59 bits per heavy atom. The summed E-state index contributed by atoms with van der Waals surface area (Å²) in [5.74, 6) is -6.49. The van der Waals surface area contributed by atoms with Gasteiger partial charge in [-0.3, -0.25) is 42.6 Å². The Labute approximate surface area is 423 Å². The minimum Gasteiger partial charge on any atom is -0.394 e. The first-order valence-electron chi connectivity index (χ1n) is 25.0. The number of aromatic amines is 1. The van der Waals surface area contributed by atoms with Crippen molar-refractivity contribution in [3.8, 4) is 0 Å². The number of carbonyl (C=O) groups is 7. The number of aromatic nitrogens is 2. The number of nitrogens with two attached hydrogens (primary N) is 2. The van der Waals surface area contributed by atoms with Crippen LogP contribution in [0.25, 0.3) is 0 Å². The van der Waals surface area contributed by atoms with Crippen molar-refractivity contribution >= 4 is 61.6 Å². The van der Waals surface area contributed by atoms with Gasteiger partial charge in [-0.15, -0.1) is 0 Å². The molecule has 1 aliphatic rings. The molecule has 2 aromatic rings. The molecule has 0 radical (unpaired) electrons. The van der Waals surface area contributed by atoms with E-state index in [0.29, 0.717) is 57.3 Å². The smallest absolute Gasteiger partial charge is 0.394 e. The highest BCUT2D eigenvalue weighted by Gasteiger charge is 2.38. The van der Waals surface area contributed by atoms with Crippen molar-refractivity contribution in [1.82, 2.24) is 30.8 Å². The lowest BCUT2D eigenvalue weighted by molar-refractivity contribution is -0.140. The van der Waals surface area contributed by atoms with E-state index in [9.17, 15) is 48.1 Å². The quantitative estimate of drug-likeness (QED) is 0.0265. The van der Waals surface area contributed by atoms with Crippen LogP contribution in [0.1, 0.15) is 128 Å². The number of thiol groups is 1. The number of nitrogens with zero attached hydrogens (tertiary/aromatic N) is 2. The van der Waals surface area contributed by atoms with Gasteiger partial charge in [-0.1, -0.05) is 76.3 Å². The highest BCUT2D eigenvalue weighted by molar-refractivity contribution is 7.80. The number of ketones is 2. The standard InChI is InChI=1S/C49H79N8O12PS/c1-33(2)25-40(55-49(65)42-20-16-23-57(42)45(61)21-13-9-14-22-53-48(64)39(50)31-71)43(59)27-36(26-37-29-52-32-54-37)47(63)56-41(30-58)44(60)28-38(46(51)62)34(3)69-70(66,67)68-24-15-7-5-4-6-10-17-35-18-11-8-12-19-35/h8,11-12,18-19,29,32-34,36,38-42,58,71H,4-7,9-10,13-17,20-28,30-31,50H2,1-3H3,(H2,51,62)(H,52,54)(H,53,64)(H,55,65)(H,56,63)(H,66,67)/t34-,36-,38+,39+,40+,41+,42+/m1/s1. The summed E-state index contributed by atoms with van der Waals surface area (Å²) in [6.45, 7) is 4.87. The Balaban J connectivity index is 1.56. The summed E-state index contributed by atoms with van der Waals surface area (Å²) >= 11 is 4.02. The van der Waals surface area contributed by atoms with E-state index in [1.807, 2.05) is 32.0 Å². The summed E-state index contributed by atoms with van der Waals surface area (Å²) in [6.07, 6.45) is 10.0. The lowest BCUT2D eigenvalue weighted by Gasteiger charge is -2.28. The van der Waals surface area contributed by atoms with Gasteiger partial charge in [0.1, 0.15) is 12.1 Å². The molecule has 1 aromatic carbocycles. The third-order valence-electron chi connectivity index (χ3n) is 12.5. The fourth-order valence-electron chi connectivity index (χ4n) is 8.45. The number of aliphatic hydroxyl groups excluding tert-OH is 1. The summed E-state index contributed by atoms with van der Waals surface area (Å²) in [6, 6.07) is 6.17. The molecule has 22 heteroatoms. The van der Waals surface area contributed by atoms with Crippen molar-refractivity contribution in [1.29, 1.82) is 0 Å². The first-order chi connectivity index (χ1) is 33.8. The van der Waals surface area contributed by atoms with Gasteiger partial charge in [-0.05, 0) is 69.8 Å². The third-order valence-corrected chi connectivity index (χ3v) is 14.0. The number of phosphoric acid groups is 1. The maximum Gasteiger partial charge on any atom is 0.472 e. The van der Waals surface area contributed by atoms with E-state index >= 15 is 0 Å². The van der Waals surface area contributed by atoms with E-state index in [0.717, 1.165) is 38.5 Å². The number of primary amides is 1. The summed E-state index contributed by atoms with van der Waals surface area (Å²) in [5, 5.41) is 18.4. The van der Waals surface area contributed by atoms with Crippen molar-refractivity contribution < 1.29 is 57.2 Å². The number of phosphoric ester groups is 1. The fourth-order valence-corrected chi connectivity index (χ4v) is 9.60. The summed E-state index contributed by atoms with van der Waals surface area (Å²) < 4.78 is 23.2. The Morgan fingerprint density at radius 3 is 2.24 bits per heavy atom. The largest absolute Gasteiger partial charge is 0.472 e. The van der Waals surface area contributed by atoms with Gasteiger partial charge in [0.15, 0.2) is 11.6 Å². The molecular formula is C49H79N8O12PS. The molecule has 10 N–H and O–H groups in total. The van der Waals surface area contributed by atoms with Gasteiger partial charge in [-0.25, -0.2) is 9.55 Å². The van der Waals surface area contributed by atoms with Crippen LogP contribution in [-0.4, -0.2) is 128 Å². The van der Waals surface area contributed by atoms with Crippen LogP contribution in [0.4, 0.5) is 0 Å². The number of nitrogens with one attached hydrogen (secondary N) is 4. The van der Waals surface area contributed by atoms with Crippen molar-refractivity contribution in [2.45, 2.75) is 160 Å². The number of rotatable bonds is 37. The third kappa shape index (κ3) is 22.9. The molecule has 71 heavy (non-hydrogen) atoms. The van der Waals surface area contributed by atoms with Crippen LogP contribution < -0.4 is 27.4 Å². The van der Waals surface area contributed by atoms with E-state index in [1.54, 1.807) is 0 Å². The van der Waals surface area contributed by atoms with Gasteiger partial charge < -0.3 is 47.3 Å². The number of Topliss-reactive ketones (excluding diaryl/α,β-unsaturated/α-hetero) is 2. The molecule has 398 valence electrons. The van der Waals surface area contributed by atoms with E-state index < -0.39 is 98.7 Å². The van der Waals surface area contributed by atoms with Gasteiger partial charge in [0.2, 0.25) is 29.5 Å². The van der Waals surface area contributed by atoms with Gasteiger partial charge >= 0.3 is 7.82 Å². The lowest BCUT2D eigenvalue weighted by Crippen LogP contribution is -2.52. The van der Waals surface area contributed by atoms with Crippen LogP contribution >= 0.6 is 20.5 Å². The zero-order valence-corrected chi connectivity index (χ0v) is 43.4. The number of H-pyrrole nitrogens is 1. The second-order valence-electron chi connectivity index (χ2n) is 18.9. The molecule has 0 spiro atoms. The predicted octanol–water partition coefficient (Wildman–Crippen LogP) is 3.63. The van der Waals surface area contributed by atoms with Gasteiger partial charge in [0.05, 0.1) is 49.6 Å². The molecular weight excluding hydrogens is 956 g/mol. The molecule has 3 rings (SSSR count). The zero-order chi connectivity index (χ0) is 52.3. The number of amides is 5. The molecule has 8 atom stereocenters. The number of aryl methyl sites for hydroxylation is 1. The number of benzene rings is 1. The van der Waals surface area contributed by atoms with Crippen molar-refractivity contribution in [3.05, 3.63) is 54.1 Å². The maximum absolute atomic E-state index is 14.1. The Bertz CT molecular complexity index is 2020. The van der Waals surface area contributed by atoms with Crippen LogP contribution in [-0.2, 0) is 60.0 Å². The predicted molar refractivity (Wildman–Crippen MR) is 270 cm³/mol. The van der Waals surface area contributed by atoms with Crippen molar-refractivity contribution in [3.63, 3.8) is 0 Å². The van der Waals surface area contributed by atoms with Crippen LogP contribution in [0, 0.1) is 17.8 Å². The number of carbonyl (C=O) groups excluding carboxylic acids is 7. The summed E-state index contributed by atoms with van der Waals surface area (Å²) in [5.41, 5.74) is 13.1. The van der Waals surface area contributed by atoms with E-state index in [4.69, 9.17) is 20.5 Å². The molecule has 0 bridgehead atoms. The van der Waals surface area contributed by atoms with E-state index in [-0.39, 0.29) is 49.4 Å².